The SMILES string of the molecule is O=C(O)CCc1ccc(COc2cc(F)ccc2F)cc1C(=O)NC1(c2ccc3ccccc3c2)CCOCC1. The molecule has 0 spiro atoms. The summed E-state index contributed by atoms with van der Waals surface area (Å²) in [6.07, 6.45) is 1.16. The predicted molar refractivity (Wildman–Crippen MR) is 146 cm³/mol. The van der Waals surface area contributed by atoms with Gasteiger partial charge in [0.1, 0.15) is 12.4 Å². The van der Waals surface area contributed by atoms with Crippen molar-refractivity contribution >= 4 is 22.6 Å². The monoisotopic (exact) mass is 545 g/mol. The van der Waals surface area contributed by atoms with Gasteiger partial charge in [-0.25, -0.2) is 8.78 Å². The molecule has 0 atom stereocenters. The minimum atomic E-state index is -0.975. The Labute approximate surface area is 230 Å². The number of aryl methyl sites for hydroxylation is 1. The molecule has 2 N–H and O–H groups in total. The van der Waals surface area contributed by atoms with Crippen LogP contribution in [-0.2, 0) is 28.1 Å². The molecule has 6 nitrogen and oxygen atoms in total. The van der Waals surface area contributed by atoms with Crippen LogP contribution in [0.1, 0.15) is 46.3 Å². The molecule has 0 saturated carbocycles. The zero-order valence-corrected chi connectivity index (χ0v) is 21.8. The number of nitrogens with one attached hydrogen (secondary N) is 1. The molecule has 5 rings (SSSR count). The first-order chi connectivity index (χ1) is 19.3. The lowest BCUT2D eigenvalue weighted by Crippen LogP contribution is -2.49. The van der Waals surface area contributed by atoms with E-state index in [9.17, 15) is 23.5 Å². The van der Waals surface area contributed by atoms with Crippen molar-refractivity contribution in [3.8, 4) is 5.75 Å². The second-order valence-electron chi connectivity index (χ2n) is 9.96. The Balaban J connectivity index is 1.45. The summed E-state index contributed by atoms with van der Waals surface area (Å²) in [7, 11) is 0. The van der Waals surface area contributed by atoms with Crippen molar-refractivity contribution in [2.75, 3.05) is 13.2 Å². The summed E-state index contributed by atoms with van der Waals surface area (Å²) in [4.78, 5) is 25.2. The number of fused-ring (bicyclic) bond motifs is 1. The molecule has 0 aliphatic carbocycles. The van der Waals surface area contributed by atoms with Gasteiger partial charge in [-0.05, 0) is 71.0 Å². The van der Waals surface area contributed by atoms with Crippen LogP contribution in [0.5, 0.6) is 5.75 Å². The average molecular weight is 546 g/mol. The van der Waals surface area contributed by atoms with Gasteiger partial charge in [-0.15, -0.1) is 0 Å². The number of amides is 1. The Hall–Kier alpha value is -4.30. The Morgan fingerprint density at radius 1 is 0.925 bits per heavy atom. The van der Waals surface area contributed by atoms with E-state index in [0.29, 0.717) is 42.7 Å². The number of ether oxygens (including phenoxy) is 2. The minimum Gasteiger partial charge on any atom is -0.486 e. The molecule has 206 valence electrons. The highest BCUT2D eigenvalue weighted by Gasteiger charge is 2.37. The van der Waals surface area contributed by atoms with E-state index in [2.05, 4.69) is 11.4 Å². The summed E-state index contributed by atoms with van der Waals surface area (Å²) in [5.74, 6) is -2.89. The lowest BCUT2D eigenvalue weighted by atomic mass is 9.81. The number of rotatable bonds is 9. The quantitative estimate of drug-likeness (QED) is 0.264. The number of hydrogen-bond donors (Lipinski definition) is 2. The summed E-state index contributed by atoms with van der Waals surface area (Å²) in [5, 5.41) is 14.7. The van der Waals surface area contributed by atoms with Crippen LogP contribution in [0.15, 0.2) is 78.9 Å². The van der Waals surface area contributed by atoms with Gasteiger partial charge in [0.05, 0.1) is 5.54 Å². The van der Waals surface area contributed by atoms with Crippen molar-refractivity contribution in [1.29, 1.82) is 0 Å². The summed E-state index contributed by atoms with van der Waals surface area (Å²) >= 11 is 0. The van der Waals surface area contributed by atoms with E-state index in [4.69, 9.17) is 9.47 Å². The first kappa shape index (κ1) is 27.3. The second kappa shape index (κ2) is 11.8. The molecule has 40 heavy (non-hydrogen) atoms. The molecule has 0 bridgehead atoms. The van der Waals surface area contributed by atoms with Gasteiger partial charge in [0.25, 0.3) is 5.91 Å². The lowest BCUT2D eigenvalue weighted by Gasteiger charge is -2.39. The van der Waals surface area contributed by atoms with E-state index in [0.717, 1.165) is 34.5 Å². The molecule has 8 heteroatoms. The van der Waals surface area contributed by atoms with Gasteiger partial charge >= 0.3 is 5.97 Å². The molecule has 4 aromatic carbocycles. The Morgan fingerprint density at radius 3 is 2.48 bits per heavy atom. The van der Waals surface area contributed by atoms with Crippen LogP contribution in [-0.4, -0.2) is 30.2 Å². The fraction of sp³-hybridized carbons (Fsp3) is 0.250. The molecule has 1 heterocycles. The molecule has 1 aliphatic heterocycles. The third-order valence-electron chi connectivity index (χ3n) is 7.32. The topological polar surface area (TPSA) is 84.9 Å². The van der Waals surface area contributed by atoms with Gasteiger partial charge in [-0.3, -0.25) is 9.59 Å². The van der Waals surface area contributed by atoms with Crippen LogP contribution >= 0.6 is 0 Å². The van der Waals surface area contributed by atoms with Crippen molar-refractivity contribution < 1.29 is 33.0 Å². The average Bonchev–Trinajstić information content (AvgIpc) is 2.97. The van der Waals surface area contributed by atoms with Crippen LogP contribution in [0.2, 0.25) is 0 Å². The maximum absolute atomic E-state index is 14.1. The Morgan fingerprint density at radius 2 is 1.70 bits per heavy atom. The van der Waals surface area contributed by atoms with E-state index in [-0.39, 0.29) is 31.1 Å². The minimum absolute atomic E-state index is 0.108. The number of aliphatic carboxylic acids is 1. The summed E-state index contributed by atoms with van der Waals surface area (Å²) in [6.45, 7) is 0.849. The van der Waals surface area contributed by atoms with E-state index >= 15 is 0 Å². The first-order valence-corrected chi connectivity index (χ1v) is 13.1. The fourth-order valence-corrected chi connectivity index (χ4v) is 5.11. The van der Waals surface area contributed by atoms with E-state index in [1.54, 1.807) is 18.2 Å². The highest BCUT2D eigenvalue weighted by Crippen LogP contribution is 2.35. The van der Waals surface area contributed by atoms with Gasteiger partial charge in [0.2, 0.25) is 0 Å². The van der Waals surface area contributed by atoms with Crippen molar-refractivity contribution in [1.82, 2.24) is 5.32 Å². The lowest BCUT2D eigenvalue weighted by molar-refractivity contribution is -0.136. The van der Waals surface area contributed by atoms with E-state index in [1.165, 1.54) is 0 Å². The molecule has 1 aliphatic rings. The molecule has 1 amide bonds. The maximum Gasteiger partial charge on any atom is 0.303 e. The number of benzene rings is 4. The summed E-state index contributed by atoms with van der Waals surface area (Å²) in [6, 6.07) is 22.1. The van der Waals surface area contributed by atoms with Crippen LogP contribution in [0.4, 0.5) is 8.78 Å². The van der Waals surface area contributed by atoms with Crippen molar-refractivity contribution in [2.45, 2.75) is 37.8 Å². The van der Waals surface area contributed by atoms with Crippen molar-refractivity contribution in [3.63, 3.8) is 0 Å². The third kappa shape index (κ3) is 6.13. The standard InChI is InChI=1S/C32H29F2NO5/c33-26-10-11-28(34)29(19-26)40-20-21-5-6-23(8-12-30(36)37)27(17-21)31(38)35-32(13-15-39-16-14-32)25-9-7-22-3-1-2-4-24(22)18-25/h1-7,9-11,17-19H,8,12-16,20H2,(H,35,38)(H,36,37). The predicted octanol–water partition coefficient (Wildman–Crippen LogP) is 6.15. The number of hydrogen-bond acceptors (Lipinski definition) is 4. The molecule has 1 fully saturated rings. The number of carbonyl (C=O) groups is 2. The van der Waals surface area contributed by atoms with Crippen molar-refractivity contribution in [2.24, 2.45) is 0 Å². The normalized spacial score (nSPS) is 14.6. The number of carboxylic acid groups (broad SMARTS) is 1. The second-order valence-corrected chi connectivity index (χ2v) is 9.96. The highest BCUT2D eigenvalue weighted by atomic mass is 19.1. The molecular formula is C32H29F2NO5. The number of carboxylic acids is 1. The summed E-state index contributed by atoms with van der Waals surface area (Å²) in [5.41, 5.74) is 1.73. The molecular weight excluding hydrogens is 516 g/mol. The van der Waals surface area contributed by atoms with Crippen LogP contribution in [0.25, 0.3) is 10.8 Å². The largest absolute Gasteiger partial charge is 0.486 e. The van der Waals surface area contributed by atoms with Gasteiger partial charge in [-0.2, -0.15) is 0 Å². The third-order valence-corrected chi connectivity index (χ3v) is 7.32. The number of halogens is 2. The zero-order valence-electron chi connectivity index (χ0n) is 21.8. The van der Waals surface area contributed by atoms with Gasteiger partial charge in [0.15, 0.2) is 11.6 Å². The van der Waals surface area contributed by atoms with Gasteiger partial charge < -0.3 is 19.9 Å². The molecule has 4 aromatic rings. The van der Waals surface area contributed by atoms with E-state index < -0.39 is 23.1 Å². The molecule has 0 radical (unpaired) electrons. The molecule has 1 saturated heterocycles. The first-order valence-electron chi connectivity index (χ1n) is 13.1. The van der Waals surface area contributed by atoms with Crippen molar-refractivity contribution in [3.05, 3.63) is 113 Å². The maximum atomic E-state index is 14.1. The summed E-state index contributed by atoms with van der Waals surface area (Å²) < 4.78 is 38.8. The van der Waals surface area contributed by atoms with E-state index in [1.807, 2.05) is 36.4 Å². The van der Waals surface area contributed by atoms with Crippen LogP contribution in [0.3, 0.4) is 0 Å². The van der Waals surface area contributed by atoms with Crippen LogP contribution < -0.4 is 10.1 Å². The van der Waals surface area contributed by atoms with Gasteiger partial charge in [-0.1, -0.05) is 48.5 Å². The molecule has 0 aromatic heterocycles. The fourth-order valence-electron chi connectivity index (χ4n) is 5.11. The molecule has 0 unspecified atom stereocenters. The zero-order chi connectivity index (χ0) is 28.1. The van der Waals surface area contributed by atoms with Gasteiger partial charge in [0, 0.05) is 31.3 Å². The Bertz CT molecular complexity index is 1550. The Kier molecular flexibility index (Phi) is 8.07. The highest BCUT2D eigenvalue weighted by molar-refractivity contribution is 5.97. The smallest absolute Gasteiger partial charge is 0.303 e. The number of carbonyl (C=O) groups excluding carboxylic acids is 1. The van der Waals surface area contributed by atoms with Crippen LogP contribution in [0, 0.1) is 11.6 Å².